The van der Waals surface area contributed by atoms with Crippen molar-refractivity contribution in [3.05, 3.63) is 38.0 Å². The normalized spacial score (nSPS) is 18.7. The smallest absolute Gasteiger partial charge is 0.243 e. The van der Waals surface area contributed by atoms with Crippen LogP contribution in [0.2, 0.25) is 0 Å². The highest BCUT2D eigenvalue weighted by Crippen LogP contribution is 2.26. The molecular weight excluding hydrogens is 330 g/mol. The molecule has 1 aliphatic rings. The minimum atomic E-state index is -0.422. The highest BCUT2D eigenvalue weighted by Gasteiger charge is 2.29. The second-order valence-electron chi connectivity index (χ2n) is 5.75. The van der Waals surface area contributed by atoms with Crippen LogP contribution in [0.4, 0.5) is 0 Å². The Bertz CT molecular complexity index is 689. The average molecular weight is 349 g/mol. The van der Waals surface area contributed by atoms with Crippen LogP contribution in [0.25, 0.3) is 0 Å². The lowest BCUT2D eigenvalue weighted by atomic mass is 10.1. The van der Waals surface area contributed by atoms with Gasteiger partial charge < -0.3 is 10.6 Å². The minimum Gasteiger partial charge on any atom is -0.345 e. The van der Waals surface area contributed by atoms with E-state index in [1.165, 1.54) is 10.4 Å². The molecular formula is C16H19N3O2S2. The number of hydrogen-bond acceptors (Lipinski definition) is 5. The summed E-state index contributed by atoms with van der Waals surface area (Å²) in [6, 6.07) is 1.48. The van der Waals surface area contributed by atoms with Gasteiger partial charge in [-0.1, -0.05) is 0 Å². The highest BCUT2D eigenvalue weighted by atomic mass is 32.1. The van der Waals surface area contributed by atoms with Crippen molar-refractivity contribution >= 4 is 34.5 Å². The van der Waals surface area contributed by atoms with Gasteiger partial charge in [-0.05, 0) is 42.7 Å². The van der Waals surface area contributed by atoms with E-state index in [-0.39, 0.29) is 17.9 Å². The van der Waals surface area contributed by atoms with Crippen molar-refractivity contribution in [3.8, 4) is 0 Å². The molecule has 1 aliphatic heterocycles. The van der Waals surface area contributed by atoms with Crippen molar-refractivity contribution in [2.45, 2.75) is 45.2 Å². The van der Waals surface area contributed by atoms with Crippen LogP contribution in [-0.4, -0.2) is 22.8 Å². The van der Waals surface area contributed by atoms with Gasteiger partial charge in [0.05, 0.1) is 11.7 Å². The van der Waals surface area contributed by atoms with Crippen molar-refractivity contribution in [2.75, 3.05) is 0 Å². The first-order valence-corrected chi connectivity index (χ1v) is 9.33. The van der Waals surface area contributed by atoms with E-state index < -0.39 is 6.04 Å². The molecule has 3 rings (SSSR count). The van der Waals surface area contributed by atoms with Crippen LogP contribution in [0.3, 0.4) is 0 Å². The number of carbonyl (C=O) groups is 2. The van der Waals surface area contributed by atoms with Gasteiger partial charge in [-0.3, -0.25) is 9.59 Å². The van der Waals surface area contributed by atoms with Crippen molar-refractivity contribution < 1.29 is 9.59 Å². The molecule has 2 atom stereocenters. The summed E-state index contributed by atoms with van der Waals surface area (Å²) in [5, 5.41) is 10.8. The third kappa shape index (κ3) is 3.79. The molecule has 23 heavy (non-hydrogen) atoms. The molecule has 5 nitrogen and oxygen atoms in total. The monoisotopic (exact) mass is 349 g/mol. The molecule has 0 bridgehead atoms. The SMILES string of the molecule is Cc1nc([C@H](Cc2ccsc2)NC(=O)[C@@H]2CCC(=O)N2)sc1C. The van der Waals surface area contributed by atoms with Gasteiger partial charge in [0.15, 0.2) is 0 Å². The largest absolute Gasteiger partial charge is 0.345 e. The predicted molar refractivity (Wildman–Crippen MR) is 91.7 cm³/mol. The summed E-state index contributed by atoms with van der Waals surface area (Å²) in [7, 11) is 0. The Hall–Kier alpha value is -1.73. The topological polar surface area (TPSA) is 71.1 Å². The van der Waals surface area contributed by atoms with Crippen LogP contribution in [-0.2, 0) is 16.0 Å². The van der Waals surface area contributed by atoms with Gasteiger partial charge >= 0.3 is 0 Å². The van der Waals surface area contributed by atoms with Crippen LogP contribution in [0.1, 0.15) is 40.0 Å². The lowest BCUT2D eigenvalue weighted by Crippen LogP contribution is -2.43. The number of thiophene rings is 1. The number of aromatic nitrogens is 1. The Balaban J connectivity index is 1.77. The number of amides is 2. The molecule has 0 aliphatic carbocycles. The molecule has 122 valence electrons. The molecule has 0 aromatic carbocycles. The molecule has 1 fully saturated rings. The van der Waals surface area contributed by atoms with Gasteiger partial charge in [0.2, 0.25) is 11.8 Å². The molecule has 2 amide bonds. The highest BCUT2D eigenvalue weighted by molar-refractivity contribution is 7.11. The summed E-state index contributed by atoms with van der Waals surface area (Å²) in [6.45, 7) is 4.02. The molecule has 2 aromatic heterocycles. The van der Waals surface area contributed by atoms with E-state index in [0.29, 0.717) is 19.3 Å². The first-order valence-electron chi connectivity index (χ1n) is 7.57. The summed E-state index contributed by atoms with van der Waals surface area (Å²) in [4.78, 5) is 29.5. The molecule has 1 saturated heterocycles. The maximum absolute atomic E-state index is 12.4. The van der Waals surface area contributed by atoms with Crippen LogP contribution in [0.5, 0.6) is 0 Å². The van der Waals surface area contributed by atoms with Gasteiger partial charge in [-0.15, -0.1) is 11.3 Å². The molecule has 2 aromatic rings. The first-order chi connectivity index (χ1) is 11.0. The third-order valence-electron chi connectivity index (χ3n) is 3.99. The third-order valence-corrected chi connectivity index (χ3v) is 5.91. The zero-order valence-electron chi connectivity index (χ0n) is 13.1. The van der Waals surface area contributed by atoms with Crippen molar-refractivity contribution in [3.63, 3.8) is 0 Å². The van der Waals surface area contributed by atoms with E-state index in [0.717, 1.165) is 10.7 Å². The molecule has 2 N–H and O–H groups in total. The zero-order valence-corrected chi connectivity index (χ0v) is 14.7. The van der Waals surface area contributed by atoms with Crippen molar-refractivity contribution in [1.29, 1.82) is 0 Å². The summed E-state index contributed by atoms with van der Waals surface area (Å²) >= 11 is 3.26. The fraction of sp³-hybridized carbons (Fsp3) is 0.438. The van der Waals surface area contributed by atoms with Gasteiger partial charge in [-0.25, -0.2) is 4.98 Å². The molecule has 0 unspecified atom stereocenters. The Labute approximate surface area is 143 Å². The molecule has 0 spiro atoms. The van der Waals surface area contributed by atoms with E-state index in [1.54, 1.807) is 22.7 Å². The lowest BCUT2D eigenvalue weighted by molar-refractivity contribution is -0.126. The summed E-state index contributed by atoms with van der Waals surface area (Å²) in [6.07, 6.45) is 1.69. The van der Waals surface area contributed by atoms with E-state index in [2.05, 4.69) is 27.1 Å². The predicted octanol–water partition coefficient (Wildman–Crippen LogP) is 2.50. The maximum Gasteiger partial charge on any atom is 0.243 e. The van der Waals surface area contributed by atoms with Crippen LogP contribution in [0.15, 0.2) is 16.8 Å². The van der Waals surface area contributed by atoms with Gasteiger partial charge in [0, 0.05) is 17.7 Å². The standard InChI is InChI=1S/C16H19N3O2S2/c1-9-10(2)23-16(17-9)13(7-11-5-6-22-8-11)19-15(21)12-3-4-14(20)18-12/h5-6,8,12-13H,3-4,7H2,1-2H3,(H,18,20)(H,19,21)/t12-,13-/m0/s1. The second-order valence-corrected chi connectivity index (χ2v) is 7.76. The Kier molecular flexibility index (Phi) is 4.77. The second kappa shape index (κ2) is 6.80. The van der Waals surface area contributed by atoms with Crippen molar-refractivity contribution in [2.24, 2.45) is 0 Å². The number of thiazole rings is 1. The Morgan fingerprint density at radius 3 is 2.91 bits per heavy atom. The van der Waals surface area contributed by atoms with E-state index in [9.17, 15) is 9.59 Å². The zero-order chi connectivity index (χ0) is 16.4. The number of rotatable bonds is 5. The molecule has 7 heteroatoms. The first kappa shape index (κ1) is 16.1. The Morgan fingerprint density at radius 2 is 2.35 bits per heavy atom. The van der Waals surface area contributed by atoms with Crippen LogP contribution in [0, 0.1) is 13.8 Å². The van der Waals surface area contributed by atoms with Gasteiger partial charge in [0.1, 0.15) is 11.0 Å². The number of hydrogen-bond donors (Lipinski definition) is 2. The number of aryl methyl sites for hydroxylation is 2. The summed E-state index contributed by atoms with van der Waals surface area (Å²) in [5.41, 5.74) is 2.19. The van der Waals surface area contributed by atoms with Crippen LogP contribution >= 0.6 is 22.7 Å². The van der Waals surface area contributed by atoms with E-state index in [4.69, 9.17) is 0 Å². The lowest BCUT2D eigenvalue weighted by Gasteiger charge is -2.19. The van der Waals surface area contributed by atoms with E-state index >= 15 is 0 Å². The minimum absolute atomic E-state index is 0.0551. The number of nitrogens with one attached hydrogen (secondary N) is 2. The molecule has 0 radical (unpaired) electrons. The molecule has 0 saturated carbocycles. The fourth-order valence-electron chi connectivity index (χ4n) is 2.57. The molecule has 3 heterocycles. The quantitative estimate of drug-likeness (QED) is 0.871. The Morgan fingerprint density at radius 1 is 1.52 bits per heavy atom. The number of nitrogens with zero attached hydrogens (tertiary/aromatic N) is 1. The van der Waals surface area contributed by atoms with Gasteiger partial charge in [-0.2, -0.15) is 11.3 Å². The van der Waals surface area contributed by atoms with E-state index in [1.807, 2.05) is 19.2 Å². The maximum atomic E-state index is 12.4. The number of carbonyl (C=O) groups excluding carboxylic acids is 2. The van der Waals surface area contributed by atoms with Crippen molar-refractivity contribution in [1.82, 2.24) is 15.6 Å². The van der Waals surface area contributed by atoms with Crippen LogP contribution < -0.4 is 10.6 Å². The summed E-state index contributed by atoms with van der Waals surface area (Å²) < 4.78 is 0. The summed E-state index contributed by atoms with van der Waals surface area (Å²) in [5.74, 6) is -0.179. The average Bonchev–Trinajstić information content (AvgIpc) is 3.22. The fourth-order valence-corrected chi connectivity index (χ4v) is 4.23. The van der Waals surface area contributed by atoms with Gasteiger partial charge in [0.25, 0.3) is 0 Å².